The summed E-state index contributed by atoms with van der Waals surface area (Å²) in [7, 11) is 1.55. The molecule has 1 aliphatic rings. The maximum absolute atomic E-state index is 12.6. The molecule has 1 aromatic rings. The van der Waals surface area contributed by atoms with E-state index in [9.17, 15) is 14.4 Å². The summed E-state index contributed by atoms with van der Waals surface area (Å²) < 4.78 is 15.3. The smallest absolute Gasteiger partial charge is 0.335 e. The summed E-state index contributed by atoms with van der Waals surface area (Å²) >= 11 is 0. The first-order valence-electron chi connectivity index (χ1n) is 9.06. The van der Waals surface area contributed by atoms with Crippen LogP contribution < -0.4 is 4.74 Å². The van der Waals surface area contributed by atoms with Crippen LogP contribution in [0.3, 0.4) is 0 Å². The van der Waals surface area contributed by atoms with Crippen LogP contribution in [0.15, 0.2) is 36.9 Å². The third-order valence-corrected chi connectivity index (χ3v) is 4.37. The zero-order valence-corrected chi connectivity index (χ0v) is 16.3. The number of benzene rings is 1. The second-order valence-electron chi connectivity index (χ2n) is 6.28. The van der Waals surface area contributed by atoms with Crippen molar-refractivity contribution < 1.29 is 28.6 Å². The molecule has 0 aromatic heterocycles. The van der Waals surface area contributed by atoms with Crippen molar-refractivity contribution in [2.24, 2.45) is 0 Å². The molecular weight excluding hydrogens is 364 g/mol. The van der Waals surface area contributed by atoms with Crippen LogP contribution in [0.4, 0.5) is 0 Å². The molecule has 28 heavy (non-hydrogen) atoms. The minimum absolute atomic E-state index is 0.106. The summed E-state index contributed by atoms with van der Waals surface area (Å²) in [6.07, 6.45) is 0.768. The summed E-state index contributed by atoms with van der Waals surface area (Å²) in [5, 5.41) is 0. The van der Waals surface area contributed by atoms with Gasteiger partial charge in [0.05, 0.1) is 13.7 Å². The molecule has 1 aliphatic heterocycles. The predicted octanol–water partition coefficient (Wildman–Crippen LogP) is 1.11. The number of hydrogen-bond donors (Lipinski definition) is 0. The number of carbonyl (C=O) groups excluding carboxylic acids is 3. The van der Waals surface area contributed by atoms with Gasteiger partial charge in [-0.2, -0.15) is 0 Å². The Morgan fingerprint density at radius 3 is 2.50 bits per heavy atom. The Kier molecular flexibility index (Phi) is 8.01. The van der Waals surface area contributed by atoms with E-state index in [-0.39, 0.29) is 25.0 Å². The number of carbonyl (C=O) groups is 3. The molecule has 0 spiro atoms. The molecule has 152 valence electrons. The lowest BCUT2D eigenvalue weighted by Crippen LogP contribution is -2.51. The van der Waals surface area contributed by atoms with E-state index in [1.54, 1.807) is 48.1 Å². The third-order valence-electron chi connectivity index (χ3n) is 4.37. The molecule has 0 radical (unpaired) electrons. The SMILES string of the molecule is C=CCOC(C)C(=O)OCC(=O)N1CCN(C(=O)c2cccc(OC)c2)CC1. The van der Waals surface area contributed by atoms with Crippen molar-refractivity contribution in [1.82, 2.24) is 9.80 Å². The monoisotopic (exact) mass is 390 g/mol. The molecule has 1 fully saturated rings. The number of rotatable bonds is 8. The largest absolute Gasteiger partial charge is 0.497 e. The Labute approximate surface area is 164 Å². The van der Waals surface area contributed by atoms with E-state index in [0.29, 0.717) is 37.5 Å². The molecule has 2 rings (SSSR count). The zero-order chi connectivity index (χ0) is 20.5. The molecule has 0 saturated carbocycles. The Morgan fingerprint density at radius 2 is 1.86 bits per heavy atom. The molecule has 1 atom stereocenters. The zero-order valence-electron chi connectivity index (χ0n) is 16.3. The summed E-state index contributed by atoms with van der Waals surface area (Å²) in [6, 6.07) is 6.96. The average molecular weight is 390 g/mol. The van der Waals surface area contributed by atoms with Crippen molar-refractivity contribution in [3.8, 4) is 5.75 Å². The Morgan fingerprint density at radius 1 is 1.18 bits per heavy atom. The van der Waals surface area contributed by atoms with Crippen LogP contribution in [0.5, 0.6) is 5.75 Å². The van der Waals surface area contributed by atoms with E-state index in [2.05, 4.69) is 6.58 Å². The number of ether oxygens (including phenoxy) is 3. The van der Waals surface area contributed by atoms with E-state index < -0.39 is 12.1 Å². The van der Waals surface area contributed by atoms with Crippen LogP contribution in [0.2, 0.25) is 0 Å². The Balaban J connectivity index is 1.79. The van der Waals surface area contributed by atoms with Crippen LogP contribution in [0.25, 0.3) is 0 Å². The van der Waals surface area contributed by atoms with Crippen molar-refractivity contribution in [2.45, 2.75) is 13.0 Å². The fourth-order valence-corrected chi connectivity index (χ4v) is 2.72. The van der Waals surface area contributed by atoms with E-state index in [4.69, 9.17) is 14.2 Å². The van der Waals surface area contributed by atoms with Crippen LogP contribution in [0, 0.1) is 0 Å². The second kappa shape index (κ2) is 10.5. The fraction of sp³-hybridized carbons (Fsp3) is 0.450. The maximum Gasteiger partial charge on any atom is 0.335 e. The molecule has 1 unspecified atom stereocenters. The van der Waals surface area contributed by atoms with Gasteiger partial charge in [0.25, 0.3) is 11.8 Å². The maximum atomic E-state index is 12.6. The van der Waals surface area contributed by atoms with Gasteiger partial charge >= 0.3 is 5.97 Å². The lowest BCUT2D eigenvalue weighted by Gasteiger charge is -2.34. The van der Waals surface area contributed by atoms with Gasteiger partial charge in [0.2, 0.25) is 0 Å². The lowest BCUT2D eigenvalue weighted by molar-refractivity contribution is -0.161. The molecule has 0 bridgehead atoms. The highest BCUT2D eigenvalue weighted by atomic mass is 16.6. The number of hydrogen-bond acceptors (Lipinski definition) is 6. The van der Waals surface area contributed by atoms with Crippen LogP contribution in [-0.2, 0) is 19.1 Å². The number of esters is 1. The number of piperazine rings is 1. The van der Waals surface area contributed by atoms with Gasteiger partial charge in [-0.25, -0.2) is 4.79 Å². The van der Waals surface area contributed by atoms with Crippen molar-refractivity contribution >= 4 is 17.8 Å². The first-order valence-corrected chi connectivity index (χ1v) is 9.06. The van der Waals surface area contributed by atoms with E-state index in [1.807, 2.05) is 0 Å². The third kappa shape index (κ3) is 5.82. The molecule has 8 heteroatoms. The summed E-state index contributed by atoms with van der Waals surface area (Å²) in [5.41, 5.74) is 0.543. The van der Waals surface area contributed by atoms with Crippen LogP contribution >= 0.6 is 0 Å². The van der Waals surface area contributed by atoms with Gasteiger partial charge in [-0.3, -0.25) is 9.59 Å². The molecule has 0 N–H and O–H groups in total. The minimum Gasteiger partial charge on any atom is -0.497 e. The van der Waals surface area contributed by atoms with Crippen molar-refractivity contribution in [3.63, 3.8) is 0 Å². The topological polar surface area (TPSA) is 85.4 Å². The van der Waals surface area contributed by atoms with Crippen LogP contribution in [0.1, 0.15) is 17.3 Å². The first kappa shape index (κ1) is 21.4. The van der Waals surface area contributed by atoms with Crippen molar-refractivity contribution in [1.29, 1.82) is 0 Å². The highest BCUT2D eigenvalue weighted by molar-refractivity contribution is 5.94. The summed E-state index contributed by atoms with van der Waals surface area (Å²) in [4.78, 5) is 39.9. The highest BCUT2D eigenvalue weighted by Gasteiger charge is 2.26. The lowest BCUT2D eigenvalue weighted by atomic mass is 10.1. The average Bonchev–Trinajstić information content (AvgIpc) is 2.75. The number of methoxy groups -OCH3 is 1. The predicted molar refractivity (Wildman–Crippen MR) is 102 cm³/mol. The van der Waals surface area contributed by atoms with Gasteiger partial charge in [-0.1, -0.05) is 12.1 Å². The highest BCUT2D eigenvalue weighted by Crippen LogP contribution is 2.15. The molecule has 1 aromatic carbocycles. The second-order valence-corrected chi connectivity index (χ2v) is 6.28. The van der Waals surface area contributed by atoms with E-state index in [0.717, 1.165) is 0 Å². The molecule has 1 heterocycles. The normalized spacial score (nSPS) is 14.9. The van der Waals surface area contributed by atoms with Gasteiger partial charge in [0.1, 0.15) is 5.75 Å². The first-order chi connectivity index (χ1) is 13.5. The van der Waals surface area contributed by atoms with Crippen molar-refractivity contribution in [2.75, 3.05) is 46.5 Å². The van der Waals surface area contributed by atoms with Gasteiger partial charge in [0.15, 0.2) is 12.7 Å². The molecule has 2 amide bonds. The van der Waals surface area contributed by atoms with E-state index in [1.165, 1.54) is 6.08 Å². The Bertz CT molecular complexity index is 712. The van der Waals surface area contributed by atoms with Crippen LogP contribution in [-0.4, -0.2) is 80.2 Å². The summed E-state index contributed by atoms with van der Waals surface area (Å²) in [6.45, 7) is 6.53. The summed E-state index contributed by atoms with van der Waals surface area (Å²) in [5.74, 6) is -0.377. The van der Waals surface area contributed by atoms with Crippen molar-refractivity contribution in [3.05, 3.63) is 42.5 Å². The van der Waals surface area contributed by atoms with Gasteiger partial charge in [-0.05, 0) is 25.1 Å². The molecular formula is C20H26N2O6. The van der Waals surface area contributed by atoms with Gasteiger partial charge in [0, 0.05) is 31.7 Å². The van der Waals surface area contributed by atoms with Gasteiger partial charge < -0.3 is 24.0 Å². The minimum atomic E-state index is -0.761. The number of amides is 2. The van der Waals surface area contributed by atoms with Gasteiger partial charge in [-0.15, -0.1) is 6.58 Å². The van der Waals surface area contributed by atoms with E-state index >= 15 is 0 Å². The standard InChI is InChI=1S/C20H26N2O6/c1-4-12-27-15(2)20(25)28-14-18(23)21-8-10-22(11-9-21)19(24)16-6-5-7-17(13-16)26-3/h4-7,13,15H,1,8-12,14H2,2-3H3. The molecule has 1 saturated heterocycles. The molecule has 0 aliphatic carbocycles. The Hall–Kier alpha value is -2.87. The fourth-order valence-electron chi connectivity index (χ4n) is 2.72. The number of nitrogens with zero attached hydrogens (tertiary/aromatic N) is 2. The molecule has 8 nitrogen and oxygen atoms in total. The quantitative estimate of drug-likeness (QED) is 0.488.